The second kappa shape index (κ2) is 6.83. The van der Waals surface area contributed by atoms with Crippen LogP contribution < -0.4 is 4.74 Å². The number of allylic oxidation sites excluding steroid dienone is 1. The quantitative estimate of drug-likeness (QED) is 0.607. The molecule has 0 radical (unpaired) electrons. The maximum Gasteiger partial charge on any atom is 0.302 e. The van der Waals surface area contributed by atoms with E-state index < -0.39 is 0 Å². The molecule has 1 heterocycles. The van der Waals surface area contributed by atoms with E-state index in [4.69, 9.17) is 14.2 Å². The first-order chi connectivity index (χ1) is 11.9. The summed E-state index contributed by atoms with van der Waals surface area (Å²) in [5.41, 5.74) is 2.37. The lowest BCUT2D eigenvalue weighted by Gasteiger charge is -2.55. The molecule has 0 aromatic heterocycles. The lowest BCUT2D eigenvalue weighted by atomic mass is 9.56. The average molecular weight is 344 g/mol. The highest BCUT2D eigenvalue weighted by atomic mass is 16.5. The second-order valence-electron chi connectivity index (χ2n) is 7.53. The maximum atomic E-state index is 11.4. The Bertz CT molecular complexity index is 663. The van der Waals surface area contributed by atoms with Crippen LogP contribution in [-0.2, 0) is 14.3 Å². The molecule has 136 valence electrons. The van der Waals surface area contributed by atoms with Crippen LogP contribution in [0.4, 0.5) is 0 Å². The predicted octanol–water partition coefficient (Wildman–Crippen LogP) is 4.16. The van der Waals surface area contributed by atoms with Crippen LogP contribution in [0.2, 0.25) is 0 Å². The molecule has 25 heavy (non-hydrogen) atoms. The molecule has 3 rings (SSSR count). The zero-order valence-corrected chi connectivity index (χ0v) is 15.7. The van der Waals surface area contributed by atoms with Gasteiger partial charge < -0.3 is 14.2 Å². The first-order valence-corrected chi connectivity index (χ1v) is 8.96. The summed E-state index contributed by atoms with van der Waals surface area (Å²) >= 11 is 0. The van der Waals surface area contributed by atoms with E-state index in [1.165, 1.54) is 18.1 Å². The number of carbonyl (C=O) groups excluding carboxylic acids is 1. The van der Waals surface area contributed by atoms with E-state index >= 15 is 0 Å². The van der Waals surface area contributed by atoms with Gasteiger partial charge in [-0.05, 0) is 36.5 Å². The van der Waals surface area contributed by atoms with Crippen molar-refractivity contribution in [3.05, 3.63) is 41.5 Å². The fourth-order valence-electron chi connectivity index (χ4n) is 4.59. The lowest BCUT2D eigenvalue weighted by Crippen LogP contribution is -2.54. The van der Waals surface area contributed by atoms with Crippen molar-refractivity contribution in [2.24, 2.45) is 23.2 Å². The number of carbonyl (C=O) groups is 1. The normalized spacial score (nSPS) is 34.2. The molecule has 0 unspecified atom stereocenters. The molecule has 2 aliphatic rings. The third kappa shape index (κ3) is 3.08. The van der Waals surface area contributed by atoms with Gasteiger partial charge in [0.1, 0.15) is 5.75 Å². The summed E-state index contributed by atoms with van der Waals surface area (Å²) in [6.07, 6.45) is 2.36. The number of benzene rings is 1. The van der Waals surface area contributed by atoms with Crippen molar-refractivity contribution < 1.29 is 19.0 Å². The van der Waals surface area contributed by atoms with Gasteiger partial charge in [0.25, 0.3) is 0 Å². The predicted molar refractivity (Wildman–Crippen MR) is 96.3 cm³/mol. The van der Waals surface area contributed by atoms with Crippen LogP contribution in [0, 0.1) is 23.2 Å². The van der Waals surface area contributed by atoms with E-state index in [-0.39, 0.29) is 23.4 Å². The summed E-state index contributed by atoms with van der Waals surface area (Å²) in [6, 6.07) is 8.13. The summed E-state index contributed by atoms with van der Waals surface area (Å²) in [6.45, 7) is 9.16. The van der Waals surface area contributed by atoms with Gasteiger partial charge in [-0.25, -0.2) is 0 Å². The van der Waals surface area contributed by atoms with Crippen LogP contribution in [0.1, 0.15) is 39.4 Å². The molecule has 4 heteroatoms. The number of methoxy groups -OCH3 is 1. The van der Waals surface area contributed by atoms with Gasteiger partial charge in [0, 0.05) is 18.3 Å². The Hall–Kier alpha value is -1.81. The van der Waals surface area contributed by atoms with Gasteiger partial charge in [0.2, 0.25) is 0 Å². The summed E-state index contributed by atoms with van der Waals surface area (Å²) in [5.74, 6) is 1.59. The van der Waals surface area contributed by atoms with Crippen LogP contribution in [0.3, 0.4) is 0 Å². The summed E-state index contributed by atoms with van der Waals surface area (Å²) in [4.78, 5) is 11.4. The van der Waals surface area contributed by atoms with Crippen molar-refractivity contribution in [1.82, 2.24) is 0 Å². The Morgan fingerprint density at radius 1 is 1.28 bits per heavy atom. The standard InChI is InChI=1S/C21H28O4/c1-13-10-14(2)21(11-24-16(4)22)12-25-20(19(13)15(21)3)17-6-8-18(23-5)9-7-17/h6-10,14-15,19-20H,11-12H2,1-5H3/t14-,15-,19-,20-,21-/m0/s1. The smallest absolute Gasteiger partial charge is 0.302 e. The maximum absolute atomic E-state index is 11.4. The van der Waals surface area contributed by atoms with Gasteiger partial charge in [-0.3, -0.25) is 4.79 Å². The third-order valence-corrected chi connectivity index (χ3v) is 6.24. The van der Waals surface area contributed by atoms with Gasteiger partial charge in [-0.2, -0.15) is 0 Å². The molecule has 1 aromatic rings. The van der Waals surface area contributed by atoms with Crippen LogP contribution in [0.25, 0.3) is 0 Å². The zero-order chi connectivity index (χ0) is 18.2. The lowest BCUT2D eigenvalue weighted by molar-refractivity contribution is -0.180. The number of ether oxygens (including phenoxy) is 3. The van der Waals surface area contributed by atoms with E-state index in [9.17, 15) is 4.79 Å². The van der Waals surface area contributed by atoms with Crippen molar-refractivity contribution in [2.45, 2.75) is 33.8 Å². The minimum atomic E-state index is -0.228. The average Bonchev–Trinajstić information content (AvgIpc) is 2.59. The van der Waals surface area contributed by atoms with Crippen LogP contribution in [0.5, 0.6) is 5.75 Å². The SMILES string of the molecule is COc1ccc([C@@H]2OC[C@@]3(COC(C)=O)[C@@H](C)C=C(C)[C@H]2[C@@H]3C)cc1. The van der Waals surface area contributed by atoms with Gasteiger partial charge in [-0.1, -0.05) is 37.6 Å². The highest BCUT2D eigenvalue weighted by Gasteiger charge is 2.54. The minimum absolute atomic E-state index is 0.0232. The molecule has 2 bridgehead atoms. The highest BCUT2D eigenvalue weighted by molar-refractivity contribution is 5.66. The fourth-order valence-corrected chi connectivity index (χ4v) is 4.59. The Kier molecular flexibility index (Phi) is 4.92. The number of fused-ring (bicyclic) bond motifs is 2. The van der Waals surface area contributed by atoms with Gasteiger partial charge >= 0.3 is 5.97 Å². The number of hydrogen-bond acceptors (Lipinski definition) is 4. The van der Waals surface area contributed by atoms with Crippen molar-refractivity contribution in [3.8, 4) is 5.75 Å². The molecule has 1 saturated heterocycles. The molecule has 1 fully saturated rings. The summed E-state index contributed by atoms with van der Waals surface area (Å²) < 4.78 is 17.1. The number of esters is 1. The Morgan fingerprint density at radius 3 is 2.56 bits per heavy atom. The van der Waals surface area contributed by atoms with E-state index in [1.54, 1.807) is 7.11 Å². The molecule has 1 aliphatic carbocycles. The Morgan fingerprint density at radius 2 is 1.96 bits per heavy atom. The van der Waals surface area contributed by atoms with Crippen molar-refractivity contribution in [1.29, 1.82) is 0 Å². The summed E-state index contributed by atoms with van der Waals surface area (Å²) in [7, 11) is 1.67. The molecule has 0 amide bonds. The number of rotatable bonds is 4. The van der Waals surface area contributed by atoms with E-state index in [0.717, 1.165) is 5.75 Å². The van der Waals surface area contributed by atoms with Crippen molar-refractivity contribution >= 4 is 5.97 Å². The molecule has 0 saturated carbocycles. The second-order valence-corrected chi connectivity index (χ2v) is 7.53. The van der Waals surface area contributed by atoms with Gasteiger partial charge in [-0.15, -0.1) is 0 Å². The van der Waals surface area contributed by atoms with Crippen LogP contribution in [0.15, 0.2) is 35.9 Å². The van der Waals surface area contributed by atoms with Crippen LogP contribution in [-0.4, -0.2) is 26.3 Å². The Balaban J connectivity index is 1.92. The van der Waals surface area contributed by atoms with E-state index in [1.807, 2.05) is 12.1 Å². The van der Waals surface area contributed by atoms with Crippen LogP contribution >= 0.6 is 0 Å². The van der Waals surface area contributed by atoms with E-state index in [0.29, 0.717) is 25.0 Å². The molecular formula is C21H28O4. The highest BCUT2D eigenvalue weighted by Crippen LogP contribution is 2.56. The molecule has 0 spiro atoms. The zero-order valence-electron chi connectivity index (χ0n) is 15.7. The number of hydrogen-bond donors (Lipinski definition) is 0. The fraction of sp³-hybridized carbons (Fsp3) is 0.571. The first kappa shape index (κ1) is 18.0. The van der Waals surface area contributed by atoms with E-state index in [2.05, 4.69) is 39.0 Å². The molecule has 1 aliphatic heterocycles. The minimum Gasteiger partial charge on any atom is -0.497 e. The first-order valence-electron chi connectivity index (χ1n) is 8.96. The van der Waals surface area contributed by atoms with Crippen molar-refractivity contribution in [2.75, 3.05) is 20.3 Å². The monoisotopic (exact) mass is 344 g/mol. The van der Waals surface area contributed by atoms with Gasteiger partial charge in [0.15, 0.2) is 0 Å². The van der Waals surface area contributed by atoms with Gasteiger partial charge in [0.05, 0.1) is 26.4 Å². The molecule has 5 atom stereocenters. The largest absolute Gasteiger partial charge is 0.497 e. The summed E-state index contributed by atoms with van der Waals surface area (Å²) in [5, 5.41) is 0. The van der Waals surface area contributed by atoms with Crippen molar-refractivity contribution in [3.63, 3.8) is 0 Å². The molecule has 0 N–H and O–H groups in total. The Labute approximate surface area is 150 Å². The molecule has 1 aromatic carbocycles. The molecule has 4 nitrogen and oxygen atoms in total. The topological polar surface area (TPSA) is 44.8 Å². The molecular weight excluding hydrogens is 316 g/mol. The third-order valence-electron chi connectivity index (χ3n) is 6.24.